The third-order valence-electron chi connectivity index (χ3n) is 7.95. The standard InChI is InChI=1S/C28H25F4N5O3S/c1-35-13-11-33-26(35)25(38)27-15-18-16-34-37(22-6-4-21(29)5-7-22)24(18)14-20(27)10-12-36(17-27)41(39,40)23-8-2-19(3-9-23)28(30,31)32/h2-9,11,13-14,16,25,38H,10,12,15,17H2,1H3/t25?,27-/m0/s1. The molecule has 1 fully saturated rings. The van der Waals surface area contributed by atoms with E-state index in [1.165, 1.54) is 16.4 Å². The van der Waals surface area contributed by atoms with Gasteiger partial charge in [0.25, 0.3) is 0 Å². The summed E-state index contributed by atoms with van der Waals surface area (Å²) in [6.07, 6.45) is 1.43. The van der Waals surface area contributed by atoms with Gasteiger partial charge in [-0.1, -0.05) is 5.57 Å². The number of aliphatic hydroxyl groups is 1. The Labute approximate surface area is 233 Å². The maximum Gasteiger partial charge on any atom is 0.416 e. The molecule has 1 aliphatic heterocycles. The van der Waals surface area contributed by atoms with Crippen LogP contribution in [-0.2, 0) is 29.7 Å². The number of hydrogen-bond acceptors (Lipinski definition) is 5. The van der Waals surface area contributed by atoms with E-state index in [9.17, 15) is 31.1 Å². The topological polar surface area (TPSA) is 93.2 Å². The minimum atomic E-state index is -4.60. The van der Waals surface area contributed by atoms with E-state index in [0.717, 1.165) is 41.1 Å². The van der Waals surface area contributed by atoms with Crippen molar-refractivity contribution in [2.45, 2.75) is 30.0 Å². The Morgan fingerprint density at radius 1 is 1.07 bits per heavy atom. The monoisotopic (exact) mass is 587 g/mol. The second-order valence-corrected chi connectivity index (χ2v) is 12.3. The molecule has 1 unspecified atom stereocenters. The van der Waals surface area contributed by atoms with Crippen molar-refractivity contribution in [3.63, 3.8) is 0 Å². The molecule has 8 nitrogen and oxygen atoms in total. The lowest BCUT2D eigenvalue weighted by molar-refractivity contribution is -0.137. The molecule has 1 saturated heterocycles. The van der Waals surface area contributed by atoms with Gasteiger partial charge in [-0.25, -0.2) is 22.5 Å². The molecule has 3 heterocycles. The van der Waals surface area contributed by atoms with Crippen LogP contribution in [0.1, 0.15) is 35.2 Å². The molecule has 1 N–H and O–H groups in total. The van der Waals surface area contributed by atoms with Crippen LogP contribution in [0.3, 0.4) is 0 Å². The summed E-state index contributed by atoms with van der Waals surface area (Å²) >= 11 is 0. The summed E-state index contributed by atoms with van der Waals surface area (Å²) in [5.74, 6) is -0.0361. The quantitative estimate of drug-likeness (QED) is 0.347. The predicted molar refractivity (Wildman–Crippen MR) is 141 cm³/mol. The Morgan fingerprint density at radius 2 is 1.78 bits per heavy atom. The maximum absolute atomic E-state index is 13.7. The molecule has 4 aromatic rings. The van der Waals surface area contributed by atoms with Gasteiger partial charge in [-0.3, -0.25) is 0 Å². The zero-order valence-electron chi connectivity index (χ0n) is 21.8. The molecule has 13 heteroatoms. The Morgan fingerprint density at radius 3 is 2.41 bits per heavy atom. The zero-order valence-corrected chi connectivity index (χ0v) is 22.6. The molecule has 6 rings (SSSR count). The number of aromatic nitrogens is 4. The number of piperidine rings is 1. The Kier molecular flexibility index (Phi) is 6.43. The summed E-state index contributed by atoms with van der Waals surface area (Å²) in [4.78, 5) is 4.06. The molecule has 2 aromatic carbocycles. The normalized spacial score (nSPS) is 20.3. The molecule has 2 aromatic heterocycles. The average Bonchev–Trinajstić information content (AvgIpc) is 3.56. The van der Waals surface area contributed by atoms with E-state index in [1.54, 1.807) is 47.0 Å². The first kappa shape index (κ1) is 27.4. The number of aliphatic hydroxyl groups excluding tert-OH is 1. The van der Waals surface area contributed by atoms with Crippen LogP contribution in [0.25, 0.3) is 11.8 Å². The van der Waals surface area contributed by atoms with E-state index in [4.69, 9.17) is 0 Å². The number of benzene rings is 2. The highest BCUT2D eigenvalue weighted by Gasteiger charge is 2.51. The van der Waals surface area contributed by atoms with Gasteiger partial charge < -0.3 is 9.67 Å². The van der Waals surface area contributed by atoms with E-state index in [1.807, 2.05) is 6.08 Å². The van der Waals surface area contributed by atoms with Crippen LogP contribution in [0.5, 0.6) is 0 Å². The first-order chi connectivity index (χ1) is 19.4. The summed E-state index contributed by atoms with van der Waals surface area (Å²) in [6, 6.07) is 9.27. The Balaban J connectivity index is 1.41. The Bertz CT molecular complexity index is 1740. The van der Waals surface area contributed by atoms with Crippen LogP contribution in [0.2, 0.25) is 0 Å². The van der Waals surface area contributed by atoms with Crippen LogP contribution < -0.4 is 0 Å². The number of nitrogens with zero attached hydrogens (tertiary/aromatic N) is 5. The molecular formula is C28H25F4N5O3S. The first-order valence-corrected chi connectivity index (χ1v) is 14.2. The van der Waals surface area contributed by atoms with Gasteiger partial charge in [0.05, 0.1) is 28.0 Å². The van der Waals surface area contributed by atoms with Gasteiger partial charge in [0.1, 0.15) is 17.7 Å². The minimum Gasteiger partial charge on any atom is -0.384 e. The number of fused-ring (bicyclic) bond motifs is 2. The van der Waals surface area contributed by atoms with Crippen molar-refractivity contribution >= 4 is 16.1 Å². The van der Waals surface area contributed by atoms with E-state index in [-0.39, 0.29) is 36.6 Å². The van der Waals surface area contributed by atoms with Crippen LogP contribution in [0.15, 0.2) is 77.6 Å². The van der Waals surface area contributed by atoms with Crippen LogP contribution >= 0.6 is 0 Å². The molecule has 0 radical (unpaired) electrons. The predicted octanol–water partition coefficient (Wildman–Crippen LogP) is 4.52. The zero-order chi connectivity index (χ0) is 29.2. The van der Waals surface area contributed by atoms with Gasteiger partial charge in [-0.05, 0) is 73.0 Å². The third-order valence-corrected chi connectivity index (χ3v) is 9.81. The fourth-order valence-electron chi connectivity index (χ4n) is 5.77. The highest BCUT2D eigenvalue weighted by atomic mass is 32.2. The van der Waals surface area contributed by atoms with E-state index < -0.39 is 33.3 Å². The number of sulfonamides is 1. The molecule has 1 aliphatic carbocycles. The van der Waals surface area contributed by atoms with Crippen molar-refractivity contribution in [1.82, 2.24) is 23.6 Å². The smallest absolute Gasteiger partial charge is 0.384 e. The SMILES string of the molecule is Cn1ccnc1C(O)[C@]12Cc3cnn(-c4ccc(F)cc4)c3C=C1CCN(S(=O)(=O)c1ccc(C(F)(F)F)cc1)C2. The molecular weight excluding hydrogens is 562 g/mol. The lowest BCUT2D eigenvalue weighted by Gasteiger charge is -2.48. The first-order valence-electron chi connectivity index (χ1n) is 12.8. The second-order valence-electron chi connectivity index (χ2n) is 10.4. The van der Waals surface area contributed by atoms with Crippen molar-refractivity contribution in [2.24, 2.45) is 12.5 Å². The lowest BCUT2D eigenvalue weighted by Crippen LogP contribution is -2.52. The molecule has 2 aliphatic rings. The van der Waals surface area contributed by atoms with Crippen molar-refractivity contribution in [2.75, 3.05) is 13.1 Å². The van der Waals surface area contributed by atoms with Crippen molar-refractivity contribution < 1.29 is 31.1 Å². The summed E-state index contributed by atoms with van der Waals surface area (Å²) in [6.45, 7) is -0.0678. The fourth-order valence-corrected chi connectivity index (χ4v) is 7.28. The summed E-state index contributed by atoms with van der Waals surface area (Å²) in [5.41, 5.74) is 0.862. The van der Waals surface area contributed by atoms with Gasteiger partial charge in [0.2, 0.25) is 10.0 Å². The number of aryl methyl sites for hydroxylation is 1. The summed E-state index contributed by atoms with van der Waals surface area (Å²) in [5, 5.41) is 16.3. The molecule has 0 amide bonds. The van der Waals surface area contributed by atoms with E-state index in [2.05, 4.69) is 10.1 Å². The van der Waals surface area contributed by atoms with Crippen LogP contribution in [-0.4, -0.2) is 50.3 Å². The number of alkyl halides is 3. The molecule has 0 spiro atoms. The van der Waals surface area contributed by atoms with Gasteiger partial charge in [-0.15, -0.1) is 0 Å². The highest BCUT2D eigenvalue weighted by Crippen LogP contribution is 2.52. The summed E-state index contributed by atoms with van der Waals surface area (Å²) < 4.78 is 84.7. The number of rotatable bonds is 5. The van der Waals surface area contributed by atoms with Gasteiger partial charge >= 0.3 is 6.18 Å². The fraction of sp³-hybridized carbons (Fsp3) is 0.286. The Hall–Kier alpha value is -3.81. The molecule has 0 saturated carbocycles. The van der Waals surface area contributed by atoms with Crippen molar-refractivity contribution in [1.29, 1.82) is 0 Å². The maximum atomic E-state index is 13.7. The van der Waals surface area contributed by atoms with Gasteiger partial charge in [0.15, 0.2) is 0 Å². The molecule has 2 atom stereocenters. The minimum absolute atomic E-state index is 0.0598. The van der Waals surface area contributed by atoms with Gasteiger partial charge in [0, 0.05) is 37.9 Å². The van der Waals surface area contributed by atoms with Gasteiger partial charge in [-0.2, -0.15) is 22.6 Å². The van der Waals surface area contributed by atoms with Crippen molar-refractivity contribution in [3.8, 4) is 5.69 Å². The van der Waals surface area contributed by atoms with Crippen LogP contribution in [0, 0.1) is 11.2 Å². The van der Waals surface area contributed by atoms with E-state index in [0.29, 0.717) is 11.5 Å². The molecule has 0 bridgehead atoms. The van der Waals surface area contributed by atoms with Crippen LogP contribution in [0.4, 0.5) is 17.6 Å². The third kappa shape index (κ3) is 4.57. The summed E-state index contributed by atoms with van der Waals surface area (Å²) in [7, 11) is -2.47. The lowest BCUT2D eigenvalue weighted by atomic mass is 9.65. The second kappa shape index (κ2) is 9.64. The number of hydrogen-bond donors (Lipinski definition) is 1. The average molecular weight is 588 g/mol. The van der Waals surface area contributed by atoms with Crippen molar-refractivity contribution in [3.05, 3.63) is 101 Å². The number of halogens is 4. The molecule has 214 valence electrons. The largest absolute Gasteiger partial charge is 0.416 e. The van der Waals surface area contributed by atoms with E-state index >= 15 is 0 Å². The highest BCUT2D eigenvalue weighted by molar-refractivity contribution is 7.89. The molecule has 41 heavy (non-hydrogen) atoms. The number of imidazole rings is 1.